The molecule has 2 heterocycles. The molecule has 2 bridgehead atoms. The molecule has 0 aromatic rings. The molecule has 3 aliphatic rings. The maximum Gasteiger partial charge on any atom is 0.0612 e. The number of aliphatic hydroxyl groups is 1. The van der Waals surface area contributed by atoms with Gasteiger partial charge in [-0.3, -0.25) is 0 Å². The fourth-order valence-corrected chi connectivity index (χ4v) is 4.68. The van der Waals surface area contributed by atoms with Crippen LogP contribution in [0.4, 0.5) is 0 Å². The molecule has 0 radical (unpaired) electrons. The summed E-state index contributed by atoms with van der Waals surface area (Å²) in [4.78, 5) is 0. The Kier molecular flexibility index (Phi) is 4.48. The molecule has 0 spiro atoms. The SMILES string of the molecule is CC1CCC(CCC2CC3OC2CC3CCO)CC1. The molecule has 2 heteroatoms. The zero-order valence-corrected chi connectivity index (χ0v) is 12.4. The molecule has 2 saturated heterocycles. The summed E-state index contributed by atoms with van der Waals surface area (Å²) in [5.74, 6) is 3.46. The van der Waals surface area contributed by atoms with Crippen LogP contribution in [0.15, 0.2) is 0 Å². The molecule has 4 unspecified atom stereocenters. The molecular formula is C17H30O2. The lowest BCUT2D eigenvalue weighted by Crippen LogP contribution is -2.24. The lowest BCUT2D eigenvalue weighted by molar-refractivity contribution is 0.0792. The highest BCUT2D eigenvalue weighted by molar-refractivity contribution is 4.94. The Hall–Kier alpha value is -0.0800. The number of ether oxygens (including phenoxy) is 1. The maximum absolute atomic E-state index is 9.06. The number of rotatable bonds is 5. The molecule has 2 aliphatic heterocycles. The first-order chi connectivity index (χ1) is 9.26. The van der Waals surface area contributed by atoms with Gasteiger partial charge in [0.1, 0.15) is 0 Å². The van der Waals surface area contributed by atoms with E-state index in [1.807, 2.05) is 0 Å². The van der Waals surface area contributed by atoms with Gasteiger partial charge in [-0.25, -0.2) is 0 Å². The standard InChI is InChI=1S/C17H30O2/c1-12-2-4-13(5-3-12)6-7-14-10-17-15(8-9-18)11-16(14)19-17/h12-18H,2-11H2,1H3. The summed E-state index contributed by atoms with van der Waals surface area (Å²) in [5.41, 5.74) is 0. The predicted octanol–water partition coefficient (Wildman–Crippen LogP) is 3.77. The van der Waals surface area contributed by atoms with Crippen LogP contribution in [0.5, 0.6) is 0 Å². The van der Waals surface area contributed by atoms with E-state index in [1.165, 1.54) is 51.4 Å². The summed E-state index contributed by atoms with van der Waals surface area (Å²) >= 11 is 0. The van der Waals surface area contributed by atoms with Gasteiger partial charge in [-0.15, -0.1) is 0 Å². The maximum atomic E-state index is 9.06. The zero-order chi connectivity index (χ0) is 13.2. The number of hydrogen-bond acceptors (Lipinski definition) is 2. The second-order valence-electron chi connectivity index (χ2n) is 7.42. The van der Waals surface area contributed by atoms with Gasteiger partial charge < -0.3 is 9.84 Å². The Morgan fingerprint density at radius 1 is 0.895 bits per heavy atom. The smallest absolute Gasteiger partial charge is 0.0612 e. The highest BCUT2D eigenvalue weighted by Gasteiger charge is 2.46. The lowest BCUT2D eigenvalue weighted by Gasteiger charge is -2.29. The first-order valence-corrected chi connectivity index (χ1v) is 8.52. The van der Waals surface area contributed by atoms with Crippen molar-refractivity contribution in [1.29, 1.82) is 0 Å². The molecule has 1 saturated carbocycles. The van der Waals surface area contributed by atoms with Crippen molar-refractivity contribution in [2.24, 2.45) is 23.7 Å². The normalized spacial score (nSPS) is 45.8. The second-order valence-corrected chi connectivity index (χ2v) is 7.42. The summed E-state index contributed by atoms with van der Waals surface area (Å²) in [6.45, 7) is 2.74. The highest BCUT2D eigenvalue weighted by atomic mass is 16.5. The van der Waals surface area contributed by atoms with Crippen molar-refractivity contribution in [3.05, 3.63) is 0 Å². The average molecular weight is 266 g/mol. The molecular weight excluding hydrogens is 236 g/mol. The summed E-state index contributed by atoms with van der Waals surface area (Å²) in [5, 5.41) is 9.06. The van der Waals surface area contributed by atoms with Crippen LogP contribution in [0, 0.1) is 23.7 Å². The van der Waals surface area contributed by atoms with Crippen molar-refractivity contribution in [2.45, 2.75) is 76.9 Å². The summed E-state index contributed by atoms with van der Waals surface area (Å²) in [6, 6.07) is 0. The third kappa shape index (κ3) is 3.16. The van der Waals surface area contributed by atoms with E-state index in [-0.39, 0.29) is 0 Å². The Labute approximate surface area is 117 Å². The highest BCUT2D eigenvalue weighted by Crippen LogP contribution is 2.46. The molecule has 0 amide bonds. The van der Waals surface area contributed by atoms with Crippen LogP contribution in [0.25, 0.3) is 0 Å². The number of aliphatic hydroxyl groups excluding tert-OH is 1. The number of hydrogen-bond donors (Lipinski definition) is 1. The van der Waals surface area contributed by atoms with Gasteiger partial charge >= 0.3 is 0 Å². The van der Waals surface area contributed by atoms with Gasteiger partial charge in [0.2, 0.25) is 0 Å². The van der Waals surface area contributed by atoms with Crippen LogP contribution in [0.3, 0.4) is 0 Å². The average Bonchev–Trinajstić information content (AvgIpc) is 2.98. The minimum Gasteiger partial charge on any atom is -0.396 e. The van der Waals surface area contributed by atoms with Crippen molar-refractivity contribution in [1.82, 2.24) is 0 Å². The summed E-state index contributed by atoms with van der Waals surface area (Å²) in [6.07, 6.45) is 13.1. The van der Waals surface area contributed by atoms with E-state index in [0.29, 0.717) is 24.7 Å². The van der Waals surface area contributed by atoms with Gasteiger partial charge in [0.25, 0.3) is 0 Å². The molecule has 2 nitrogen and oxygen atoms in total. The molecule has 3 rings (SSSR count). The fraction of sp³-hybridized carbons (Fsp3) is 1.00. The third-order valence-corrected chi connectivity index (χ3v) is 6.05. The Balaban J connectivity index is 1.39. The van der Waals surface area contributed by atoms with Crippen LogP contribution in [0.2, 0.25) is 0 Å². The predicted molar refractivity (Wildman–Crippen MR) is 76.9 cm³/mol. The quantitative estimate of drug-likeness (QED) is 0.821. The van der Waals surface area contributed by atoms with Crippen molar-refractivity contribution < 1.29 is 9.84 Å². The van der Waals surface area contributed by atoms with E-state index in [4.69, 9.17) is 9.84 Å². The molecule has 3 fully saturated rings. The van der Waals surface area contributed by atoms with Crippen LogP contribution in [-0.4, -0.2) is 23.9 Å². The van der Waals surface area contributed by atoms with E-state index in [0.717, 1.165) is 24.2 Å². The van der Waals surface area contributed by atoms with Crippen LogP contribution >= 0.6 is 0 Å². The molecule has 0 aromatic heterocycles. The lowest BCUT2D eigenvalue weighted by atomic mass is 9.75. The van der Waals surface area contributed by atoms with Gasteiger partial charge in [-0.2, -0.15) is 0 Å². The van der Waals surface area contributed by atoms with E-state index in [2.05, 4.69) is 6.92 Å². The topological polar surface area (TPSA) is 29.5 Å². The minimum absolute atomic E-state index is 0.335. The molecule has 110 valence electrons. The van der Waals surface area contributed by atoms with Gasteiger partial charge in [0.05, 0.1) is 12.2 Å². The van der Waals surface area contributed by atoms with E-state index >= 15 is 0 Å². The Morgan fingerprint density at radius 3 is 2.11 bits per heavy atom. The molecule has 1 aliphatic carbocycles. The van der Waals surface area contributed by atoms with Gasteiger partial charge in [-0.05, 0) is 49.4 Å². The minimum atomic E-state index is 0.335. The van der Waals surface area contributed by atoms with Crippen LogP contribution in [-0.2, 0) is 4.74 Å². The van der Waals surface area contributed by atoms with Crippen molar-refractivity contribution >= 4 is 0 Å². The van der Waals surface area contributed by atoms with Crippen molar-refractivity contribution in [3.63, 3.8) is 0 Å². The Bertz CT molecular complexity index is 283. The zero-order valence-electron chi connectivity index (χ0n) is 12.4. The first-order valence-electron chi connectivity index (χ1n) is 8.52. The van der Waals surface area contributed by atoms with E-state index in [9.17, 15) is 0 Å². The molecule has 19 heavy (non-hydrogen) atoms. The molecule has 4 atom stereocenters. The molecule has 0 aromatic carbocycles. The van der Waals surface area contributed by atoms with Crippen molar-refractivity contribution in [3.8, 4) is 0 Å². The monoisotopic (exact) mass is 266 g/mol. The van der Waals surface area contributed by atoms with Gasteiger partial charge in [0.15, 0.2) is 0 Å². The van der Waals surface area contributed by atoms with Crippen molar-refractivity contribution in [2.75, 3.05) is 6.61 Å². The van der Waals surface area contributed by atoms with E-state index < -0.39 is 0 Å². The number of fused-ring (bicyclic) bond motifs is 2. The van der Waals surface area contributed by atoms with Crippen LogP contribution < -0.4 is 0 Å². The first kappa shape index (κ1) is 13.9. The third-order valence-electron chi connectivity index (χ3n) is 6.05. The van der Waals surface area contributed by atoms with Gasteiger partial charge in [-0.1, -0.05) is 39.0 Å². The summed E-state index contributed by atoms with van der Waals surface area (Å²) < 4.78 is 6.10. The largest absolute Gasteiger partial charge is 0.396 e. The fourth-order valence-electron chi connectivity index (χ4n) is 4.68. The Morgan fingerprint density at radius 2 is 1.53 bits per heavy atom. The van der Waals surface area contributed by atoms with Crippen LogP contribution in [0.1, 0.15) is 64.7 Å². The van der Waals surface area contributed by atoms with Gasteiger partial charge in [0, 0.05) is 6.61 Å². The van der Waals surface area contributed by atoms with E-state index in [1.54, 1.807) is 0 Å². The summed E-state index contributed by atoms with van der Waals surface area (Å²) in [7, 11) is 0. The molecule has 1 N–H and O–H groups in total. The second kappa shape index (κ2) is 6.13.